The average Bonchev–Trinajstić information content (AvgIpc) is 1.81. The summed E-state index contributed by atoms with van der Waals surface area (Å²) in [7, 11) is 0. The zero-order valence-electron chi connectivity index (χ0n) is 4.80. The van der Waals surface area contributed by atoms with Crippen LogP contribution in [0, 0.1) is 0 Å². The molecule has 0 aromatic carbocycles. The molecule has 0 aliphatic heterocycles. The first-order chi connectivity index (χ1) is 3.91. The van der Waals surface area contributed by atoms with Crippen LogP contribution in [-0.4, -0.2) is 13.2 Å². The van der Waals surface area contributed by atoms with E-state index in [0.29, 0.717) is 13.2 Å². The number of unbranched alkanes of at least 4 members (excludes halogenated alkanes) is 1. The molecule has 0 heterocycles. The fourth-order valence-corrected chi connectivity index (χ4v) is 0.371. The summed E-state index contributed by atoms with van der Waals surface area (Å²) >= 11 is 0. The molecule has 0 aliphatic carbocycles. The van der Waals surface area contributed by atoms with Crippen molar-refractivity contribution in [3.63, 3.8) is 0 Å². The minimum Gasteiger partial charge on any atom is -0.305 e. The molecule has 4 N–H and O–H groups in total. The Bertz CT molecular complexity index is 37.0. The minimum atomic E-state index is 0.573. The Morgan fingerprint density at radius 3 is 1.50 bits per heavy atom. The van der Waals surface area contributed by atoms with Crippen molar-refractivity contribution in [3.05, 3.63) is 0 Å². The van der Waals surface area contributed by atoms with Gasteiger partial charge in [0, 0.05) is 0 Å². The number of hydrogen-bond donors (Lipinski definition) is 2. The molecule has 0 bridgehead atoms. The molecule has 0 saturated heterocycles. The summed E-state index contributed by atoms with van der Waals surface area (Å²) in [4.78, 5) is 8.58. The molecule has 0 fully saturated rings. The molecule has 0 radical (unpaired) electrons. The van der Waals surface area contributed by atoms with E-state index in [4.69, 9.17) is 11.8 Å². The van der Waals surface area contributed by atoms with E-state index in [1.54, 1.807) is 0 Å². The van der Waals surface area contributed by atoms with E-state index >= 15 is 0 Å². The van der Waals surface area contributed by atoms with Crippen molar-refractivity contribution in [2.45, 2.75) is 12.8 Å². The molecule has 8 heavy (non-hydrogen) atoms. The van der Waals surface area contributed by atoms with Crippen LogP contribution in [0.2, 0.25) is 0 Å². The summed E-state index contributed by atoms with van der Waals surface area (Å²) in [5, 5.41) is 0. The standard InChI is InChI=1S/C4H12N2O2/c5-7-3-1-2-4-8-6/h1-6H2. The predicted molar refractivity (Wildman–Crippen MR) is 29.5 cm³/mol. The molecular formula is C4H12N2O2. The van der Waals surface area contributed by atoms with Gasteiger partial charge < -0.3 is 9.68 Å². The van der Waals surface area contributed by atoms with Crippen LogP contribution in [0.4, 0.5) is 0 Å². The molecule has 0 aromatic heterocycles. The first-order valence-electron chi connectivity index (χ1n) is 2.55. The monoisotopic (exact) mass is 120 g/mol. The highest BCUT2D eigenvalue weighted by molar-refractivity contribution is 4.33. The molecule has 4 nitrogen and oxygen atoms in total. The zero-order valence-corrected chi connectivity index (χ0v) is 4.80. The van der Waals surface area contributed by atoms with E-state index < -0.39 is 0 Å². The summed E-state index contributed by atoms with van der Waals surface area (Å²) in [6.45, 7) is 1.15. The lowest BCUT2D eigenvalue weighted by Gasteiger charge is -1.95. The van der Waals surface area contributed by atoms with Gasteiger partial charge in [0.2, 0.25) is 0 Å². The van der Waals surface area contributed by atoms with Gasteiger partial charge in [-0.15, -0.1) is 0 Å². The largest absolute Gasteiger partial charge is 0.305 e. The second-order valence-electron chi connectivity index (χ2n) is 1.45. The first kappa shape index (κ1) is 7.84. The lowest BCUT2D eigenvalue weighted by molar-refractivity contribution is 0.105. The van der Waals surface area contributed by atoms with Crippen molar-refractivity contribution >= 4 is 0 Å². The molecule has 50 valence electrons. The van der Waals surface area contributed by atoms with E-state index in [9.17, 15) is 0 Å². The number of hydrogen-bond acceptors (Lipinski definition) is 4. The van der Waals surface area contributed by atoms with Crippen LogP contribution in [0.15, 0.2) is 0 Å². The SMILES string of the molecule is NOCCCCON. The average molecular weight is 120 g/mol. The molecule has 0 rings (SSSR count). The maximum atomic E-state index is 4.74. The fraction of sp³-hybridized carbons (Fsp3) is 1.00. The van der Waals surface area contributed by atoms with Crippen LogP contribution in [0.5, 0.6) is 0 Å². The summed E-state index contributed by atoms with van der Waals surface area (Å²) in [5.41, 5.74) is 0. The Kier molecular flexibility index (Phi) is 6.70. The molecule has 0 amide bonds. The Labute approximate surface area is 48.6 Å². The maximum Gasteiger partial charge on any atom is 0.0680 e. The summed E-state index contributed by atoms with van der Waals surface area (Å²) < 4.78 is 0. The van der Waals surface area contributed by atoms with Crippen molar-refractivity contribution in [2.75, 3.05) is 13.2 Å². The third-order valence-corrected chi connectivity index (χ3v) is 0.774. The van der Waals surface area contributed by atoms with E-state index in [-0.39, 0.29) is 0 Å². The second kappa shape index (κ2) is 6.84. The van der Waals surface area contributed by atoms with Crippen molar-refractivity contribution in [1.29, 1.82) is 0 Å². The molecule has 0 atom stereocenters. The molecule has 0 aliphatic rings. The lowest BCUT2D eigenvalue weighted by Crippen LogP contribution is -2.04. The lowest BCUT2D eigenvalue weighted by atomic mass is 10.3. The molecule has 0 aromatic rings. The smallest absolute Gasteiger partial charge is 0.0680 e. The normalized spacial score (nSPS) is 9.75. The van der Waals surface area contributed by atoms with Crippen LogP contribution in [-0.2, 0) is 9.68 Å². The van der Waals surface area contributed by atoms with Crippen molar-refractivity contribution in [3.8, 4) is 0 Å². The Hall–Kier alpha value is -0.160. The highest BCUT2D eigenvalue weighted by Gasteiger charge is 1.84. The van der Waals surface area contributed by atoms with Crippen molar-refractivity contribution in [1.82, 2.24) is 0 Å². The van der Waals surface area contributed by atoms with Gasteiger partial charge in [-0.2, -0.15) is 0 Å². The van der Waals surface area contributed by atoms with Crippen LogP contribution in [0.3, 0.4) is 0 Å². The van der Waals surface area contributed by atoms with Crippen LogP contribution in [0.25, 0.3) is 0 Å². The van der Waals surface area contributed by atoms with Gasteiger partial charge >= 0.3 is 0 Å². The molecule has 0 spiro atoms. The topological polar surface area (TPSA) is 70.5 Å². The van der Waals surface area contributed by atoms with E-state index in [0.717, 1.165) is 12.8 Å². The fourth-order valence-electron chi connectivity index (χ4n) is 0.371. The molecular weight excluding hydrogens is 108 g/mol. The molecule has 0 unspecified atom stereocenters. The van der Waals surface area contributed by atoms with Gasteiger partial charge in [-0.1, -0.05) is 0 Å². The summed E-state index contributed by atoms with van der Waals surface area (Å²) in [6, 6.07) is 0. The van der Waals surface area contributed by atoms with E-state index in [1.165, 1.54) is 0 Å². The number of nitrogens with two attached hydrogens (primary N) is 2. The van der Waals surface area contributed by atoms with Gasteiger partial charge in [-0.05, 0) is 12.8 Å². The van der Waals surface area contributed by atoms with Crippen LogP contribution >= 0.6 is 0 Å². The quantitative estimate of drug-likeness (QED) is 0.380. The molecule has 4 heteroatoms. The summed E-state index contributed by atoms with van der Waals surface area (Å²) in [6.07, 6.45) is 1.79. The van der Waals surface area contributed by atoms with Crippen LogP contribution in [0.1, 0.15) is 12.8 Å². The van der Waals surface area contributed by atoms with Gasteiger partial charge in [-0.25, -0.2) is 11.8 Å². The maximum absolute atomic E-state index is 4.74. The predicted octanol–water partition coefficient (Wildman–Crippen LogP) is -0.453. The highest BCUT2D eigenvalue weighted by atomic mass is 16.6. The Morgan fingerprint density at radius 1 is 0.875 bits per heavy atom. The van der Waals surface area contributed by atoms with Gasteiger partial charge in [0.05, 0.1) is 13.2 Å². The van der Waals surface area contributed by atoms with Gasteiger partial charge in [0.1, 0.15) is 0 Å². The summed E-state index contributed by atoms with van der Waals surface area (Å²) in [5.74, 6) is 9.48. The minimum absolute atomic E-state index is 0.573. The van der Waals surface area contributed by atoms with Crippen molar-refractivity contribution < 1.29 is 9.68 Å². The van der Waals surface area contributed by atoms with Crippen molar-refractivity contribution in [2.24, 2.45) is 11.8 Å². The van der Waals surface area contributed by atoms with E-state index in [1.807, 2.05) is 0 Å². The zero-order chi connectivity index (χ0) is 6.24. The Balaban J connectivity index is 2.53. The van der Waals surface area contributed by atoms with Gasteiger partial charge in [0.15, 0.2) is 0 Å². The number of rotatable bonds is 5. The third-order valence-electron chi connectivity index (χ3n) is 0.774. The van der Waals surface area contributed by atoms with Crippen LogP contribution < -0.4 is 11.8 Å². The first-order valence-corrected chi connectivity index (χ1v) is 2.55. The molecule has 0 saturated carbocycles. The van der Waals surface area contributed by atoms with E-state index in [2.05, 4.69) is 9.68 Å². The van der Waals surface area contributed by atoms with Gasteiger partial charge in [-0.3, -0.25) is 0 Å². The highest BCUT2D eigenvalue weighted by Crippen LogP contribution is 1.85. The second-order valence-corrected chi connectivity index (χ2v) is 1.45. The third kappa shape index (κ3) is 5.84. The Morgan fingerprint density at radius 2 is 1.25 bits per heavy atom. The van der Waals surface area contributed by atoms with Gasteiger partial charge in [0.25, 0.3) is 0 Å².